The minimum atomic E-state index is -4.17. The van der Waals surface area contributed by atoms with Gasteiger partial charge in [0.25, 0.3) is 0 Å². The van der Waals surface area contributed by atoms with Crippen LogP contribution in [-0.2, 0) is 26.1 Å². The van der Waals surface area contributed by atoms with E-state index in [-0.39, 0.29) is 17.1 Å². The summed E-state index contributed by atoms with van der Waals surface area (Å²) in [5, 5.41) is 2.92. The zero-order chi connectivity index (χ0) is 22.6. The molecule has 1 heterocycles. The Morgan fingerprint density at radius 1 is 1.13 bits per heavy atom. The molecule has 164 valence electrons. The number of anilines is 1. The van der Waals surface area contributed by atoms with Gasteiger partial charge in [0.15, 0.2) is 0 Å². The highest BCUT2D eigenvalue weighted by Crippen LogP contribution is 2.28. The molecule has 0 aliphatic heterocycles. The van der Waals surface area contributed by atoms with E-state index in [1.54, 1.807) is 43.5 Å². The number of hydrogen-bond donors (Lipinski definition) is 2. The van der Waals surface area contributed by atoms with Crippen molar-refractivity contribution < 1.29 is 22.7 Å². The van der Waals surface area contributed by atoms with Gasteiger partial charge < -0.3 is 14.6 Å². The van der Waals surface area contributed by atoms with Gasteiger partial charge in [0.05, 0.1) is 23.9 Å². The first-order valence-corrected chi connectivity index (χ1v) is 11.3. The first-order valence-electron chi connectivity index (χ1n) is 9.45. The Bertz CT molecular complexity index is 1080. The summed E-state index contributed by atoms with van der Waals surface area (Å²) >= 11 is 6.09. The number of aromatic nitrogens is 1. The van der Waals surface area contributed by atoms with Crippen LogP contribution in [-0.4, -0.2) is 38.0 Å². The van der Waals surface area contributed by atoms with Crippen molar-refractivity contribution in [1.82, 2.24) is 9.29 Å². The molecule has 1 aromatic carbocycles. The van der Waals surface area contributed by atoms with Crippen LogP contribution < -0.4 is 10.0 Å². The predicted molar refractivity (Wildman–Crippen MR) is 116 cm³/mol. The Morgan fingerprint density at radius 2 is 1.80 bits per heavy atom. The van der Waals surface area contributed by atoms with E-state index in [9.17, 15) is 18.0 Å². The van der Waals surface area contributed by atoms with Gasteiger partial charge in [-0.3, -0.25) is 4.79 Å². The van der Waals surface area contributed by atoms with Gasteiger partial charge >= 0.3 is 5.97 Å². The lowest BCUT2D eigenvalue weighted by atomic mass is 10.2. The van der Waals surface area contributed by atoms with E-state index in [1.807, 2.05) is 13.8 Å². The van der Waals surface area contributed by atoms with Crippen molar-refractivity contribution in [3.05, 3.63) is 45.7 Å². The number of halogens is 1. The quantitative estimate of drug-likeness (QED) is 0.594. The monoisotopic (exact) mass is 455 g/mol. The molecule has 10 heteroatoms. The van der Waals surface area contributed by atoms with E-state index in [4.69, 9.17) is 16.3 Å². The van der Waals surface area contributed by atoms with Crippen molar-refractivity contribution in [2.75, 3.05) is 18.5 Å². The Morgan fingerprint density at radius 3 is 2.37 bits per heavy atom. The van der Waals surface area contributed by atoms with Crippen molar-refractivity contribution >= 4 is 39.2 Å². The zero-order valence-corrected chi connectivity index (χ0v) is 19.2. The summed E-state index contributed by atoms with van der Waals surface area (Å²) in [4.78, 5) is 24.5. The van der Waals surface area contributed by atoms with Crippen LogP contribution in [0.15, 0.2) is 23.1 Å². The highest BCUT2D eigenvalue weighted by Gasteiger charge is 2.32. The van der Waals surface area contributed by atoms with E-state index in [2.05, 4.69) is 10.0 Å². The number of amides is 1. The topological polar surface area (TPSA) is 106 Å². The Hall–Kier alpha value is -2.36. The standard InChI is InChI=1S/C20H26ClN3O5S/c1-6-24-13(4)18(20(26)29-7-2)19(14(24)5)30(27,28)22-11-17(25)23-16-9-8-12(3)10-15(16)21/h8-10,22H,6-7,11H2,1-5H3,(H,23,25). The number of nitrogens with zero attached hydrogens (tertiary/aromatic N) is 1. The van der Waals surface area contributed by atoms with E-state index in [0.717, 1.165) is 5.56 Å². The van der Waals surface area contributed by atoms with E-state index >= 15 is 0 Å². The first-order chi connectivity index (χ1) is 14.0. The number of sulfonamides is 1. The molecule has 0 radical (unpaired) electrons. The van der Waals surface area contributed by atoms with Gasteiger partial charge in [-0.25, -0.2) is 17.9 Å². The average Bonchev–Trinajstić information content (AvgIpc) is 2.93. The number of esters is 1. The number of aryl methyl sites for hydroxylation is 1. The molecule has 0 unspecified atom stereocenters. The predicted octanol–water partition coefficient (Wildman–Crippen LogP) is 3.18. The number of nitrogens with one attached hydrogen (secondary N) is 2. The van der Waals surface area contributed by atoms with Crippen LogP contribution in [0.5, 0.6) is 0 Å². The second-order valence-electron chi connectivity index (χ2n) is 6.70. The summed E-state index contributed by atoms with van der Waals surface area (Å²) in [5.74, 6) is -1.31. The summed E-state index contributed by atoms with van der Waals surface area (Å²) < 4.78 is 35.0. The maximum atomic E-state index is 13.0. The first kappa shape index (κ1) is 23.9. The smallest absolute Gasteiger partial charge is 0.341 e. The fraction of sp³-hybridized carbons (Fsp3) is 0.400. The average molecular weight is 456 g/mol. The Kier molecular flexibility index (Phi) is 7.68. The Labute approximate surface area is 181 Å². The fourth-order valence-corrected chi connectivity index (χ4v) is 5.00. The minimum Gasteiger partial charge on any atom is -0.462 e. The second kappa shape index (κ2) is 9.63. The zero-order valence-electron chi connectivity index (χ0n) is 17.6. The molecule has 0 atom stereocenters. The summed E-state index contributed by atoms with van der Waals surface area (Å²) in [6.07, 6.45) is 0. The van der Waals surface area contributed by atoms with E-state index in [0.29, 0.717) is 28.6 Å². The summed E-state index contributed by atoms with van der Waals surface area (Å²) in [5.41, 5.74) is 2.17. The number of carbonyl (C=O) groups excluding carboxylic acids is 2. The third-order valence-electron chi connectivity index (χ3n) is 4.61. The molecule has 2 N–H and O–H groups in total. The molecule has 1 amide bonds. The number of benzene rings is 1. The normalized spacial score (nSPS) is 11.4. The largest absolute Gasteiger partial charge is 0.462 e. The van der Waals surface area contributed by atoms with Crippen LogP contribution in [0.3, 0.4) is 0 Å². The van der Waals surface area contributed by atoms with E-state index < -0.39 is 28.4 Å². The minimum absolute atomic E-state index is 0.0225. The van der Waals surface area contributed by atoms with Gasteiger partial charge in [-0.05, 0) is 52.3 Å². The van der Waals surface area contributed by atoms with Gasteiger partial charge in [0.1, 0.15) is 10.5 Å². The molecule has 2 rings (SSSR count). The molecule has 30 heavy (non-hydrogen) atoms. The highest BCUT2D eigenvalue weighted by molar-refractivity contribution is 7.89. The van der Waals surface area contributed by atoms with Crippen LogP contribution in [0.2, 0.25) is 5.02 Å². The number of carbonyl (C=O) groups is 2. The van der Waals surface area contributed by atoms with Crippen molar-refractivity contribution in [3.8, 4) is 0 Å². The number of hydrogen-bond acceptors (Lipinski definition) is 5. The van der Waals surface area contributed by atoms with Gasteiger partial charge in [0, 0.05) is 17.9 Å². The molecular weight excluding hydrogens is 430 g/mol. The molecule has 0 saturated carbocycles. The molecule has 0 bridgehead atoms. The molecular formula is C20H26ClN3O5S. The maximum absolute atomic E-state index is 13.0. The van der Waals surface area contributed by atoms with Gasteiger partial charge in [-0.15, -0.1) is 0 Å². The van der Waals surface area contributed by atoms with Crippen LogP contribution in [0.4, 0.5) is 5.69 Å². The van der Waals surface area contributed by atoms with Crippen molar-refractivity contribution in [2.24, 2.45) is 0 Å². The molecule has 0 saturated heterocycles. The van der Waals surface area contributed by atoms with Crippen molar-refractivity contribution in [1.29, 1.82) is 0 Å². The van der Waals surface area contributed by atoms with E-state index in [1.165, 1.54) is 0 Å². The van der Waals surface area contributed by atoms with Crippen molar-refractivity contribution in [3.63, 3.8) is 0 Å². The molecule has 8 nitrogen and oxygen atoms in total. The lowest BCUT2D eigenvalue weighted by molar-refractivity contribution is -0.115. The molecule has 1 aromatic heterocycles. The highest BCUT2D eigenvalue weighted by atomic mass is 35.5. The van der Waals surface area contributed by atoms with Gasteiger partial charge in [-0.2, -0.15) is 0 Å². The number of ether oxygens (including phenoxy) is 1. The fourth-order valence-electron chi connectivity index (χ4n) is 3.25. The van der Waals surface area contributed by atoms with Gasteiger partial charge in [-0.1, -0.05) is 17.7 Å². The molecule has 0 fully saturated rings. The molecule has 0 aliphatic carbocycles. The second-order valence-corrected chi connectivity index (χ2v) is 8.81. The van der Waals surface area contributed by atoms with Crippen LogP contribution in [0.25, 0.3) is 0 Å². The summed E-state index contributed by atoms with van der Waals surface area (Å²) in [7, 11) is -4.17. The van der Waals surface area contributed by atoms with Crippen molar-refractivity contribution in [2.45, 2.75) is 46.1 Å². The SMILES string of the molecule is CCOC(=O)c1c(S(=O)(=O)NCC(=O)Nc2ccc(C)cc2Cl)c(C)n(CC)c1C. The summed E-state index contributed by atoms with van der Waals surface area (Å²) in [6, 6.07) is 5.10. The molecule has 0 spiro atoms. The Balaban J connectivity index is 2.28. The third-order valence-corrected chi connectivity index (χ3v) is 6.49. The van der Waals surface area contributed by atoms with Crippen LogP contribution >= 0.6 is 11.6 Å². The third kappa shape index (κ3) is 5.03. The number of rotatable bonds is 8. The van der Waals surface area contributed by atoms with Gasteiger partial charge in [0.2, 0.25) is 15.9 Å². The lowest BCUT2D eigenvalue weighted by Crippen LogP contribution is -2.34. The lowest BCUT2D eigenvalue weighted by Gasteiger charge is -2.11. The molecule has 2 aromatic rings. The van der Waals surface area contributed by atoms with Crippen LogP contribution in [0.1, 0.15) is 41.2 Å². The summed E-state index contributed by atoms with van der Waals surface area (Å²) in [6.45, 7) is 8.69. The molecule has 0 aliphatic rings. The maximum Gasteiger partial charge on any atom is 0.341 e. The van der Waals surface area contributed by atoms with Crippen LogP contribution in [0, 0.1) is 20.8 Å².